The molecule has 2 aromatic carbocycles. The summed E-state index contributed by atoms with van der Waals surface area (Å²) in [5, 5.41) is 18.9. The van der Waals surface area contributed by atoms with Crippen LogP contribution in [0.15, 0.2) is 78.0 Å². The number of aromatic nitrogens is 3. The van der Waals surface area contributed by atoms with Gasteiger partial charge in [-0.1, -0.05) is 65.8 Å². The van der Waals surface area contributed by atoms with Gasteiger partial charge < -0.3 is 24.3 Å². The highest BCUT2D eigenvalue weighted by molar-refractivity contribution is 6.71. The molecule has 1 saturated heterocycles. The molecular weight excluding hydrogens is 609 g/mol. The van der Waals surface area contributed by atoms with Gasteiger partial charge in [-0.15, -0.1) is 5.10 Å². The second-order valence-electron chi connectivity index (χ2n) is 13.9. The van der Waals surface area contributed by atoms with Crippen molar-refractivity contribution in [3.05, 3.63) is 94.8 Å². The number of fused-ring (bicyclic) bond motifs is 2. The average Bonchev–Trinajstić information content (AvgIpc) is 3.69. The van der Waals surface area contributed by atoms with E-state index >= 15 is 0 Å². The van der Waals surface area contributed by atoms with Crippen LogP contribution in [0.25, 0.3) is 0 Å². The summed E-state index contributed by atoms with van der Waals surface area (Å²) in [5.41, 5.74) is 4.38. The maximum Gasteiger partial charge on any atom is 0.264 e. The summed E-state index contributed by atoms with van der Waals surface area (Å²) in [5.74, 6) is 0.0259. The maximum absolute atomic E-state index is 14.7. The summed E-state index contributed by atoms with van der Waals surface area (Å²) in [6.07, 6.45) is 8.31. The Morgan fingerprint density at radius 2 is 1.89 bits per heavy atom. The largest absolute Gasteiger partial charge is 0.497 e. The zero-order valence-corrected chi connectivity index (χ0v) is 29.8. The van der Waals surface area contributed by atoms with Crippen molar-refractivity contribution in [1.29, 1.82) is 0 Å². The van der Waals surface area contributed by atoms with E-state index in [-0.39, 0.29) is 36.0 Å². The van der Waals surface area contributed by atoms with Gasteiger partial charge in [0, 0.05) is 36.3 Å². The summed E-state index contributed by atoms with van der Waals surface area (Å²) in [4.78, 5) is 28.2. The lowest BCUT2D eigenvalue weighted by atomic mass is 9.82. The quantitative estimate of drug-likeness (QED) is 0.163. The lowest BCUT2D eigenvalue weighted by Gasteiger charge is -2.32. The highest BCUT2D eigenvalue weighted by atomic mass is 28.4. The standard InChI is InChI=1S/C37H50N4O5Si/c1-25(2)12-11-13-26(3)18-21-41-33-17-16-29(45-5)22-31(33)37(36(41)43)27(4)35(47(6,7)44)34(46-37)19-20-40-23-32(38-39-40)30(24-42)28-14-9-8-10-15-28/h8-10,12,14-18,22-23,27,30,34-35,42,44H,11,13,19-21,24H2,1-7H3/b26-18+/t27-,30?,34+,35-,37+/m0/s1. The van der Waals surface area contributed by atoms with E-state index in [4.69, 9.17) is 9.47 Å². The molecule has 47 heavy (non-hydrogen) atoms. The molecule has 252 valence electrons. The molecule has 2 aliphatic heterocycles. The Labute approximate surface area is 280 Å². The molecule has 0 saturated carbocycles. The highest BCUT2D eigenvalue weighted by Crippen LogP contribution is 2.60. The number of methoxy groups -OCH3 is 1. The van der Waals surface area contributed by atoms with Gasteiger partial charge in [0.2, 0.25) is 0 Å². The van der Waals surface area contributed by atoms with E-state index in [1.165, 1.54) is 11.1 Å². The number of carbonyl (C=O) groups excluding carboxylic acids is 1. The lowest BCUT2D eigenvalue weighted by Crippen LogP contribution is -2.46. The summed E-state index contributed by atoms with van der Waals surface area (Å²) >= 11 is 0. The van der Waals surface area contributed by atoms with Gasteiger partial charge in [-0.05, 0) is 76.9 Å². The van der Waals surface area contributed by atoms with Crippen LogP contribution in [0.3, 0.4) is 0 Å². The number of rotatable bonds is 13. The topological polar surface area (TPSA) is 110 Å². The molecule has 1 aromatic heterocycles. The van der Waals surface area contributed by atoms with Crippen molar-refractivity contribution >= 4 is 19.9 Å². The van der Waals surface area contributed by atoms with Crippen LogP contribution in [0.4, 0.5) is 5.69 Å². The van der Waals surface area contributed by atoms with E-state index < -0.39 is 13.9 Å². The smallest absolute Gasteiger partial charge is 0.264 e. The van der Waals surface area contributed by atoms with Crippen LogP contribution in [-0.4, -0.2) is 65.5 Å². The minimum absolute atomic E-state index is 0.0769. The van der Waals surface area contributed by atoms with Crippen LogP contribution >= 0.6 is 0 Å². The molecule has 0 radical (unpaired) electrons. The third kappa shape index (κ3) is 7.01. The van der Waals surface area contributed by atoms with E-state index in [0.29, 0.717) is 31.0 Å². The number of carbonyl (C=O) groups is 1. The number of hydrogen-bond donors (Lipinski definition) is 2. The first kappa shape index (κ1) is 34.8. The molecule has 1 unspecified atom stereocenters. The number of aliphatic hydroxyl groups is 1. The number of nitrogens with zero attached hydrogens (tertiary/aromatic N) is 4. The fraction of sp³-hybridized carbons (Fsp3) is 0.486. The number of allylic oxidation sites excluding steroid dienone is 3. The van der Waals surface area contributed by atoms with Gasteiger partial charge in [0.05, 0.1) is 37.1 Å². The van der Waals surface area contributed by atoms with Gasteiger partial charge in [-0.2, -0.15) is 0 Å². The van der Waals surface area contributed by atoms with E-state index in [1.807, 2.05) is 72.7 Å². The van der Waals surface area contributed by atoms with Gasteiger partial charge in [-0.25, -0.2) is 0 Å². The zero-order chi connectivity index (χ0) is 33.9. The van der Waals surface area contributed by atoms with E-state index in [2.05, 4.69) is 50.2 Å². The Balaban J connectivity index is 1.42. The number of benzene rings is 2. The van der Waals surface area contributed by atoms with Crippen molar-refractivity contribution in [3.63, 3.8) is 0 Å². The molecule has 1 amide bonds. The minimum atomic E-state index is -2.82. The fourth-order valence-corrected chi connectivity index (χ4v) is 10.1. The molecule has 3 heterocycles. The molecule has 1 spiro atoms. The van der Waals surface area contributed by atoms with Crippen molar-refractivity contribution in [2.45, 2.75) is 89.8 Å². The molecule has 2 N–H and O–H groups in total. The minimum Gasteiger partial charge on any atom is -0.497 e. The molecule has 5 atom stereocenters. The van der Waals surface area contributed by atoms with Crippen molar-refractivity contribution in [2.24, 2.45) is 5.92 Å². The van der Waals surface area contributed by atoms with Crippen LogP contribution < -0.4 is 9.64 Å². The Bertz CT molecular complexity index is 1610. The lowest BCUT2D eigenvalue weighted by molar-refractivity contribution is -0.145. The molecule has 0 aliphatic carbocycles. The van der Waals surface area contributed by atoms with Crippen LogP contribution in [0, 0.1) is 5.92 Å². The predicted molar refractivity (Wildman–Crippen MR) is 187 cm³/mol. The number of ether oxygens (including phenoxy) is 2. The first-order valence-corrected chi connectivity index (χ1v) is 19.7. The molecule has 9 nitrogen and oxygen atoms in total. The van der Waals surface area contributed by atoms with Gasteiger partial charge in [0.15, 0.2) is 13.9 Å². The second-order valence-corrected chi connectivity index (χ2v) is 17.8. The summed E-state index contributed by atoms with van der Waals surface area (Å²) in [6.45, 7) is 13.1. The van der Waals surface area contributed by atoms with Crippen LogP contribution in [-0.2, 0) is 21.7 Å². The number of amides is 1. The third-order valence-corrected chi connectivity index (χ3v) is 12.3. The van der Waals surface area contributed by atoms with Crippen LogP contribution in [0.1, 0.15) is 69.7 Å². The number of aryl methyl sites for hydroxylation is 1. The second kappa shape index (κ2) is 14.3. The SMILES string of the molecule is COc1ccc2c(c1)[C@@]1(O[C@H](CCn3cc(C(CO)c4ccccc4)nn3)[C@@H]([Si](C)(C)O)[C@@H]1C)C(=O)N2C/C=C(\C)CCC=C(C)C. The molecule has 5 rings (SSSR count). The summed E-state index contributed by atoms with van der Waals surface area (Å²) in [6, 6.07) is 15.6. The van der Waals surface area contributed by atoms with Gasteiger partial charge >= 0.3 is 0 Å². The van der Waals surface area contributed by atoms with Gasteiger partial charge in [-0.3, -0.25) is 9.48 Å². The first-order valence-electron chi connectivity index (χ1n) is 16.7. The Morgan fingerprint density at radius 1 is 1.15 bits per heavy atom. The van der Waals surface area contributed by atoms with E-state index in [0.717, 1.165) is 29.7 Å². The molecule has 3 aromatic rings. The molecular formula is C37H50N4O5Si. The first-order chi connectivity index (χ1) is 22.4. The normalized spacial score (nSPS) is 23.3. The predicted octanol–water partition coefficient (Wildman–Crippen LogP) is 6.34. The summed E-state index contributed by atoms with van der Waals surface area (Å²) < 4.78 is 14.4. The zero-order valence-electron chi connectivity index (χ0n) is 28.8. The molecule has 0 bridgehead atoms. The number of hydrogen-bond acceptors (Lipinski definition) is 7. The maximum atomic E-state index is 14.7. The molecule has 10 heteroatoms. The Hall–Kier alpha value is -3.57. The Kier molecular flexibility index (Phi) is 10.6. The fourth-order valence-electron chi connectivity index (χ4n) is 7.47. The highest BCUT2D eigenvalue weighted by Gasteiger charge is 2.66. The van der Waals surface area contributed by atoms with E-state index in [1.54, 1.807) is 11.8 Å². The van der Waals surface area contributed by atoms with Crippen LogP contribution in [0.5, 0.6) is 5.75 Å². The van der Waals surface area contributed by atoms with Crippen molar-refractivity contribution in [1.82, 2.24) is 15.0 Å². The van der Waals surface area contributed by atoms with Gasteiger partial charge in [0.25, 0.3) is 5.91 Å². The van der Waals surface area contributed by atoms with Crippen molar-refractivity contribution in [3.8, 4) is 5.75 Å². The Morgan fingerprint density at radius 3 is 2.55 bits per heavy atom. The average molecular weight is 659 g/mol. The number of aliphatic hydroxyl groups excluding tert-OH is 1. The van der Waals surface area contributed by atoms with Crippen LogP contribution in [0.2, 0.25) is 18.6 Å². The van der Waals surface area contributed by atoms with Crippen molar-refractivity contribution < 1.29 is 24.2 Å². The third-order valence-electron chi connectivity index (χ3n) is 9.85. The molecule has 2 aliphatic rings. The summed E-state index contributed by atoms with van der Waals surface area (Å²) in [7, 11) is -1.20. The molecule has 1 fully saturated rings. The van der Waals surface area contributed by atoms with Crippen molar-refractivity contribution in [2.75, 3.05) is 25.2 Å². The van der Waals surface area contributed by atoms with E-state index in [9.17, 15) is 14.7 Å². The number of anilines is 1. The monoisotopic (exact) mass is 658 g/mol. The van der Waals surface area contributed by atoms with Gasteiger partial charge in [0.1, 0.15) is 5.75 Å².